The molecule has 2 fully saturated rings. The van der Waals surface area contributed by atoms with Crippen LogP contribution in [0, 0.1) is 11.7 Å². The van der Waals surface area contributed by atoms with Gasteiger partial charge in [0.2, 0.25) is 5.91 Å². The number of amides is 1. The van der Waals surface area contributed by atoms with Crippen LogP contribution in [0.2, 0.25) is 5.02 Å². The minimum Gasteiger partial charge on any atom is -0.360 e. The molecule has 9 nitrogen and oxygen atoms in total. The van der Waals surface area contributed by atoms with Gasteiger partial charge in [0.25, 0.3) is 0 Å². The standard InChI is InChI=1S/C27H32ClFN8O/c1-35(2)26-24(16-23(33-34-26)21-14-18(28)4-5-22(21)29)31-19-6-7-30-25(15-19)32-27(38)17-12-20(13-17)37-10-8-36(3)9-11-37/h4-7,14-17,20H,8-13H2,1-3H3,(H2,30,31,32,33,38)/t17-,20-. The molecule has 1 saturated heterocycles. The van der Waals surface area contributed by atoms with Crippen LogP contribution in [-0.4, -0.2) is 84.3 Å². The number of aromatic nitrogens is 3. The number of halogens is 2. The normalized spacial score (nSPS) is 20.0. The zero-order chi connectivity index (χ0) is 26.8. The first-order valence-electron chi connectivity index (χ1n) is 12.7. The van der Waals surface area contributed by atoms with Gasteiger partial charge in [0, 0.05) is 80.8 Å². The Hall–Kier alpha value is -3.34. The van der Waals surface area contributed by atoms with E-state index in [1.165, 1.54) is 18.2 Å². The lowest BCUT2D eigenvalue weighted by Gasteiger charge is -2.45. The number of pyridine rings is 1. The molecule has 2 aliphatic rings. The molecule has 1 amide bonds. The zero-order valence-electron chi connectivity index (χ0n) is 21.8. The highest BCUT2D eigenvalue weighted by Crippen LogP contribution is 2.34. The molecule has 38 heavy (non-hydrogen) atoms. The van der Waals surface area contributed by atoms with E-state index >= 15 is 0 Å². The summed E-state index contributed by atoms with van der Waals surface area (Å²) >= 11 is 6.08. The summed E-state index contributed by atoms with van der Waals surface area (Å²) < 4.78 is 14.5. The summed E-state index contributed by atoms with van der Waals surface area (Å²) in [5, 5.41) is 15.2. The number of likely N-dealkylation sites (N-methyl/N-ethyl adjacent to an activating group) is 1. The Kier molecular flexibility index (Phi) is 7.73. The first-order valence-corrected chi connectivity index (χ1v) is 13.1. The summed E-state index contributed by atoms with van der Waals surface area (Å²) in [4.78, 5) is 23.9. The smallest absolute Gasteiger partial charge is 0.228 e. The predicted molar refractivity (Wildman–Crippen MR) is 148 cm³/mol. The van der Waals surface area contributed by atoms with Crippen molar-refractivity contribution in [2.75, 3.05) is 62.9 Å². The second-order valence-electron chi connectivity index (χ2n) is 10.2. The fourth-order valence-corrected chi connectivity index (χ4v) is 5.05. The van der Waals surface area contributed by atoms with E-state index in [9.17, 15) is 9.18 Å². The van der Waals surface area contributed by atoms with Crippen LogP contribution in [0.15, 0.2) is 42.6 Å². The van der Waals surface area contributed by atoms with Gasteiger partial charge in [0.1, 0.15) is 11.6 Å². The second-order valence-corrected chi connectivity index (χ2v) is 10.6. The van der Waals surface area contributed by atoms with Crippen molar-refractivity contribution in [3.8, 4) is 11.3 Å². The molecule has 0 radical (unpaired) electrons. The van der Waals surface area contributed by atoms with E-state index in [1.807, 2.05) is 19.0 Å². The molecule has 0 atom stereocenters. The van der Waals surface area contributed by atoms with Gasteiger partial charge in [0.15, 0.2) is 5.82 Å². The lowest BCUT2D eigenvalue weighted by Crippen LogP contribution is -2.54. The Balaban J connectivity index is 1.27. The molecule has 0 unspecified atom stereocenters. The van der Waals surface area contributed by atoms with Gasteiger partial charge in [-0.1, -0.05) is 11.6 Å². The number of anilines is 4. The summed E-state index contributed by atoms with van der Waals surface area (Å²) in [5.41, 5.74) is 1.93. The highest BCUT2D eigenvalue weighted by molar-refractivity contribution is 6.30. The van der Waals surface area contributed by atoms with Gasteiger partial charge in [-0.2, -0.15) is 0 Å². The lowest BCUT2D eigenvalue weighted by molar-refractivity contribution is -0.124. The number of benzene rings is 1. The maximum Gasteiger partial charge on any atom is 0.228 e. The molecule has 1 saturated carbocycles. The maximum atomic E-state index is 14.5. The Labute approximate surface area is 227 Å². The molecule has 0 bridgehead atoms. The van der Waals surface area contributed by atoms with E-state index in [-0.39, 0.29) is 17.4 Å². The van der Waals surface area contributed by atoms with Gasteiger partial charge in [-0.25, -0.2) is 9.37 Å². The molecular weight excluding hydrogens is 507 g/mol. The lowest BCUT2D eigenvalue weighted by atomic mass is 9.78. The minimum atomic E-state index is -0.438. The monoisotopic (exact) mass is 538 g/mol. The van der Waals surface area contributed by atoms with Crippen molar-refractivity contribution in [2.45, 2.75) is 18.9 Å². The molecule has 3 aromatic rings. The van der Waals surface area contributed by atoms with E-state index < -0.39 is 5.82 Å². The first-order chi connectivity index (χ1) is 18.3. The van der Waals surface area contributed by atoms with Crippen molar-refractivity contribution in [2.24, 2.45) is 5.92 Å². The Bertz CT molecular complexity index is 1310. The number of carbonyl (C=O) groups is 1. The topological polar surface area (TPSA) is 89.5 Å². The fraction of sp³-hybridized carbons (Fsp3) is 0.407. The van der Waals surface area contributed by atoms with Crippen LogP contribution in [0.1, 0.15) is 12.8 Å². The molecule has 0 spiro atoms. The highest BCUT2D eigenvalue weighted by Gasteiger charge is 2.38. The van der Waals surface area contributed by atoms with E-state index in [4.69, 9.17) is 11.6 Å². The third-order valence-electron chi connectivity index (χ3n) is 7.23. The molecule has 1 aliphatic heterocycles. The van der Waals surface area contributed by atoms with Crippen molar-refractivity contribution in [1.29, 1.82) is 0 Å². The SMILES string of the molecule is CN1CCN([C@H]2C[C@H](C(=O)Nc3cc(Nc4cc(-c5cc(Cl)ccc5F)nnc4N(C)C)ccn3)C2)CC1. The number of nitrogens with one attached hydrogen (secondary N) is 2. The molecule has 3 heterocycles. The Morgan fingerprint density at radius 1 is 1.08 bits per heavy atom. The van der Waals surface area contributed by atoms with Crippen LogP contribution in [0.4, 0.5) is 27.4 Å². The molecule has 2 aromatic heterocycles. The van der Waals surface area contributed by atoms with Gasteiger partial charge >= 0.3 is 0 Å². The highest BCUT2D eigenvalue weighted by atomic mass is 35.5. The molecule has 200 valence electrons. The Morgan fingerprint density at radius 3 is 2.58 bits per heavy atom. The van der Waals surface area contributed by atoms with E-state index in [2.05, 4.69) is 42.7 Å². The first kappa shape index (κ1) is 26.3. The quantitative estimate of drug-likeness (QED) is 0.465. The number of nitrogens with zero attached hydrogens (tertiary/aromatic N) is 6. The van der Waals surface area contributed by atoms with Crippen LogP contribution >= 0.6 is 11.6 Å². The van der Waals surface area contributed by atoms with Crippen molar-refractivity contribution in [1.82, 2.24) is 25.0 Å². The van der Waals surface area contributed by atoms with E-state index in [0.717, 1.165) is 39.0 Å². The number of hydrogen-bond donors (Lipinski definition) is 2. The maximum absolute atomic E-state index is 14.5. The number of hydrogen-bond acceptors (Lipinski definition) is 8. The van der Waals surface area contributed by atoms with Crippen molar-refractivity contribution >= 4 is 40.5 Å². The summed E-state index contributed by atoms with van der Waals surface area (Å²) in [7, 11) is 5.84. The van der Waals surface area contributed by atoms with E-state index in [1.54, 1.807) is 24.4 Å². The molecule has 5 rings (SSSR count). The largest absolute Gasteiger partial charge is 0.360 e. The van der Waals surface area contributed by atoms with Gasteiger partial charge in [0.05, 0.1) is 11.4 Å². The van der Waals surface area contributed by atoms with Gasteiger partial charge in [-0.3, -0.25) is 9.69 Å². The number of piperazine rings is 1. The third-order valence-corrected chi connectivity index (χ3v) is 7.47. The van der Waals surface area contributed by atoms with Crippen LogP contribution in [0.25, 0.3) is 11.3 Å². The summed E-state index contributed by atoms with van der Waals surface area (Å²) in [6.07, 6.45) is 3.39. The summed E-state index contributed by atoms with van der Waals surface area (Å²) in [5.74, 6) is 0.601. The number of rotatable bonds is 7. The molecular formula is C27H32ClFN8O. The molecule has 1 aromatic carbocycles. The second kappa shape index (κ2) is 11.2. The fourth-order valence-electron chi connectivity index (χ4n) is 4.88. The molecule has 1 aliphatic carbocycles. The van der Waals surface area contributed by atoms with E-state index in [0.29, 0.717) is 39.8 Å². The van der Waals surface area contributed by atoms with Gasteiger partial charge in [-0.05, 0) is 50.2 Å². The van der Waals surface area contributed by atoms with Gasteiger partial charge < -0.3 is 20.4 Å². The molecule has 11 heteroatoms. The average Bonchev–Trinajstić information content (AvgIpc) is 2.86. The van der Waals surface area contributed by atoms with Crippen LogP contribution < -0.4 is 15.5 Å². The van der Waals surface area contributed by atoms with Crippen molar-refractivity contribution in [3.63, 3.8) is 0 Å². The minimum absolute atomic E-state index is 0.00157. The van der Waals surface area contributed by atoms with Crippen molar-refractivity contribution in [3.05, 3.63) is 53.4 Å². The van der Waals surface area contributed by atoms with Crippen LogP contribution in [-0.2, 0) is 4.79 Å². The third kappa shape index (κ3) is 5.87. The average molecular weight is 539 g/mol. The Morgan fingerprint density at radius 2 is 1.84 bits per heavy atom. The predicted octanol–water partition coefficient (Wildman–Crippen LogP) is 4.11. The summed E-state index contributed by atoms with van der Waals surface area (Å²) in [6, 6.07) is 10.1. The summed E-state index contributed by atoms with van der Waals surface area (Å²) in [6.45, 7) is 4.29. The number of carbonyl (C=O) groups excluding carboxylic acids is 1. The van der Waals surface area contributed by atoms with Gasteiger partial charge in [-0.15, -0.1) is 10.2 Å². The van der Waals surface area contributed by atoms with Crippen molar-refractivity contribution < 1.29 is 9.18 Å². The van der Waals surface area contributed by atoms with Crippen LogP contribution in [0.3, 0.4) is 0 Å². The van der Waals surface area contributed by atoms with Crippen LogP contribution in [0.5, 0.6) is 0 Å². The molecule has 2 N–H and O–H groups in total. The zero-order valence-corrected chi connectivity index (χ0v) is 22.5.